The number of nitro groups is 1. The van der Waals surface area contributed by atoms with Crippen LogP contribution in [-0.2, 0) is 9.59 Å². The number of benzene rings is 3. The van der Waals surface area contributed by atoms with Gasteiger partial charge in [-0.3, -0.25) is 24.6 Å². The Morgan fingerprint density at radius 1 is 1.06 bits per heavy atom. The van der Waals surface area contributed by atoms with Gasteiger partial charge in [-0.2, -0.15) is 0 Å². The number of carbonyl (C=O) groups excluding carboxylic acids is 2. The second-order valence-electron chi connectivity index (χ2n) is 7.85. The summed E-state index contributed by atoms with van der Waals surface area (Å²) in [4.78, 5) is 43.1. The van der Waals surface area contributed by atoms with Gasteiger partial charge in [-0.15, -0.1) is 0 Å². The van der Waals surface area contributed by atoms with Crippen LogP contribution in [0.1, 0.15) is 22.7 Å². The molecule has 1 amide bonds. The quantitative estimate of drug-likeness (QED) is 0.145. The summed E-state index contributed by atoms with van der Waals surface area (Å²) in [5, 5.41) is 22.8. The first kappa shape index (κ1) is 21.5. The molecule has 8 nitrogen and oxygen atoms in total. The van der Waals surface area contributed by atoms with Crippen molar-refractivity contribution in [3.05, 3.63) is 105 Å². The number of fused-ring (bicyclic) bond motifs is 1. The number of aromatic nitrogens is 1. The number of thiazole rings is 1. The van der Waals surface area contributed by atoms with Crippen LogP contribution in [0.3, 0.4) is 0 Å². The summed E-state index contributed by atoms with van der Waals surface area (Å²) >= 11 is 1.22. The van der Waals surface area contributed by atoms with Gasteiger partial charge in [0.05, 0.1) is 26.8 Å². The minimum absolute atomic E-state index is 0.145. The number of hydrogen-bond acceptors (Lipinski definition) is 7. The van der Waals surface area contributed by atoms with E-state index in [1.165, 1.54) is 34.4 Å². The second kappa shape index (κ2) is 8.20. The van der Waals surface area contributed by atoms with Gasteiger partial charge in [-0.1, -0.05) is 65.4 Å². The van der Waals surface area contributed by atoms with Crippen LogP contribution in [0.5, 0.6) is 0 Å². The van der Waals surface area contributed by atoms with E-state index in [0.29, 0.717) is 16.6 Å². The summed E-state index contributed by atoms with van der Waals surface area (Å²) in [7, 11) is 0. The average Bonchev–Trinajstić information content (AvgIpc) is 3.37. The summed E-state index contributed by atoms with van der Waals surface area (Å²) in [5.74, 6) is -2.09. The molecule has 0 bridgehead atoms. The lowest BCUT2D eigenvalue weighted by molar-refractivity contribution is -0.384. The molecule has 1 aliphatic heterocycles. The molecule has 1 N–H and O–H groups in total. The van der Waals surface area contributed by atoms with Crippen LogP contribution in [0.25, 0.3) is 16.0 Å². The van der Waals surface area contributed by atoms with Crippen LogP contribution in [-0.4, -0.2) is 26.7 Å². The van der Waals surface area contributed by atoms with Gasteiger partial charge in [0.25, 0.3) is 11.5 Å². The number of aliphatic hydroxyl groups excluding tert-OH is 1. The van der Waals surface area contributed by atoms with Crippen LogP contribution >= 0.6 is 11.3 Å². The summed E-state index contributed by atoms with van der Waals surface area (Å²) in [6, 6.07) is 18.8. The van der Waals surface area contributed by atoms with Gasteiger partial charge in [0.1, 0.15) is 5.76 Å². The third-order valence-electron chi connectivity index (χ3n) is 5.65. The van der Waals surface area contributed by atoms with Crippen LogP contribution < -0.4 is 4.90 Å². The number of carbonyl (C=O) groups is 2. The number of hydrogen-bond donors (Lipinski definition) is 1. The molecule has 3 aromatic carbocycles. The Morgan fingerprint density at radius 3 is 2.50 bits per heavy atom. The van der Waals surface area contributed by atoms with Gasteiger partial charge in [0.2, 0.25) is 0 Å². The van der Waals surface area contributed by atoms with Gasteiger partial charge in [0.15, 0.2) is 5.13 Å². The number of aliphatic hydroxyl groups is 1. The zero-order chi connectivity index (χ0) is 24.0. The molecule has 0 spiro atoms. The van der Waals surface area contributed by atoms with Gasteiger partial charge >= 0.3 is 5.91 Å². The van der Waals surface area contributed by atoms with Crippen LogP contribution in [0.2, 0.25) is 0 Å². The first-order valence-electron chi connectivity index (χ1n) is 10.3. The molecule has 1 fully saturated rings. The van der Waals surface area contributed by atoms with E-state index in [0.717, 1.165) is 10.3 Å². The summed E-state index contributed by atoms with van der Waals surface area (Å²) < 4.78 is 0.815. The Kier molecular flexibility index (Phi) is 5.18. The molecule has 1 unspecified atom stereocenters. The molecule has 34 heavy (non-hydrogen) atoms. The Morgan fingerprint density at radius 2 is 1.79 bits per heavy atom. The molecule has 1 aromatic heterocycles. The van der Waals surface area contributed by atoms with Crippen molar-refractivity contribution in [3.63, 3.8) is 0 Å². The molecule has 168 valence electrons. The Balaban J connectivity index is 1.75. The third-order valence-corrected chi connectivity index (χ3v) is 6.69. The fourth-order valence-corrected chi connectivity index (χ4v) is 4.98. The number of non-ortho nitro benzene ring substituents is 1. The van der Waals surface area contributed by atoms with E-state index in [4.69, 9.17) is 0 Å². The van der Waals surface area contributed by atoms with Crippen molar-refractivity contribution in [1.29, 1.82) is 0 Å². The maximum atomic E-state index is 13.2. The van der Waals surface area contributed by atoms with E-state index >= 15 is 0 Å². The highest BCUT2D eigenvalue weighted by atomic mass is 32.1. The molecule has 0 saturated carbocycles. The lowest BCUT2D eigenvalue weighted by atomic mass is 9.95. The second-order valence-corrected chi connectivity index (χ2v) is 8.86. The average molecular weight is 471 g/mol. The van der Waals surface area contributed by atoms with Crippen molar-refractivity contribution < 1.29 is 19.6 Å². The Labute approximate surface area is 197 Å². The van der Waals surface area contributed by atoms with Crippen molar-refractivity contribution in [1.82, 2.24) is 4.98 Å². The predicted molar refractivity (Wildman–Crippen MR) is 129 cm³/mol. The van der Waals surface area contributed by atoms with E-state index in [-0.39, 0.29) is 22.2 Å². The fraction of sp³-hybridized carbons (Fsp3) is 0.0800. The van der Waals surface area contributed by atoms with Crippen molar-refractivity contribution in [2.45, 2.75) is 13.0 Å². The highest BCUT2D eigenvalue weighted by molar-refractivity contribution is 7.22. The van der Waals surface area contributed by atoms with Crippen molar-refractivity contribution in [3.8, 4) is 0 Å². The maximum absolute atomic E-state index is 13.2. The zero-order valence-corrected chi connectivity index (χ0v) is 18.7. The minimum Gasteiger partial charge on any atom is -0.507 e. The minimum atomic E-state index is -1.08. The summed E-state index contributed by atoms with van der Waals surface area (Å²) in [5.41, 5.74) is 1.96. The van der Waals surface area contributed by atoms with E-state index in [1.807, 2.05) is 25.1 Å². The molecular weight excluding hydrogens is 454 g/mol. The molecule has 0 radical (unpaired) electrons. The zero-order valence-electron chi connectivity index (χ0n) is 17.8. The van der Waals surface area contributed by atoms with E-state index in [2.05, 4.69) is 4.98 Å². The lowest BCUT2D eigenvalue weighted by Crippen LogP contribution is -2.29. The number of aryl methyl sites for hydroxylation is 1. The number of ketones is 1. The SMILES string of the molecule is Cc1ccc(/C(O)=C2/C(=O)C(=O)N(c3nc4ccccc4s3)C2c2cccc([N+](=O)[O-])c2)cc1. The topological polar surface area (TPSA) is 114 Å². The molecule has 1 atom stereocenters. The number of para-hydroxylation sites is 1. The van der Waals surface area contributed by atoms with Gasteiger partial charge in [0, 0.05) is 17.7 Å². The third kappa shape index (κ3) is 3.52. The van der Waals surface area contributed by atoms with Crippen LogP contribution in [0.4, 0.5) is 10.8 Å². The normalized spacial score (nSPS) is 17.4. The van der Waals surface area contributed by atoms with Gasteiger partial charge in [-0.25, -0.2) is 4.98 Å². The van der Waals surface area contributed by atoms with Crippen molar-refractivity contribution >= 4 is 49.8 Å². The van der Waals surface area contributed by atoms with Gasteiger partial charge in [-0.05, 0) is 24.6 Å². The van der Waals surface area contributed by atoms with Crippen molar-refractivity contribution in [2.24, 2.45) is 0 Å². The van der Waals surface area contributed by atoms with Crippen molar-refractivity contribution in [2.75, 3.05) is 4.90 Å². The number of nitrogens with zero attached hydrogens (tertiary/aromatic N) is 3. The smallest absolute Gasteiger partial charge is 0.301 e. The molecule has 9 heteroatoms. The molecule has 0 aliphatic carbocycles. The standard InChI is InChI=1S/C25H17N3O5S/c1-14-9-11-15(12-10-14)22(29)20-21(16-5-4-6-17(13-16)28(32)33)27(24(31)23(20)30)25-26-18-7-2-3-8-19(18)34-25/h2-13,21,29H,1H3/b22-20-. The Hall–Kier alpha value is -4.37. The molecule has 1 saturated heterocycles. The van der Waals surface area contributed by atoms with E-state index in [1.54, 1.807) is 36.4 Å². The summed E-state index contributed by atoms with van der Waals surface area (Å²) in [6.45, 7) is 1.89. The number of rotatable bonds is 4. The highest BCUT2D eigenvalue weighted by Crippen LogP contribution is 2.44. The highest BCUT2D eigenvalue weighted by Gasteiger charge is 2.48. The van der Waals surface area contributed by atoms with Gasteiger partial charge < -0.3 is 5.11 Å². The monoisotopic (exact) mass is 471 g/mol. The van der Waals surface area contributed by atoms with E-state index < -0.39 is 22.7 Å². The Bertz CT molecular complexity index is 1470. The first-order valence-corrected chi connectivity index (χ1v) is 11.1. The summed E-state index contributed by atoms with van der Waals surface area (Å²) in [6.07, 6.45) is 0. The largest absolute Gasteiger partial charge is 0.507 e. The number of amides is 1. The fourth-order valence-electron chi connectivity index (χ4n) is 3.98. The number of nitro benzene ring substituents is 1. The number of anilines is 1. The molecular formula is C25H17N3O5S. The van der Waals surface area contributed by atoms with Crippen LogP contribution in [0.15, 0.2) is 78.4 Å². The van der Waals surface area contributed by atoms with E-state index in [9.17, 15) is 24.8 Å². The number of Topliss-reactive ketones (excluding diaryl/α,β-unsaturated/α-hetero) is 1. The molecule has 4 aromatic rings. The predicted octanol–water partition coefficient (Wildman–Crippen LogP) is 5.14. The maximum Gasteiger partial charge on any atom is 0.301 e. The van der Waals surface area contributed by atoms with Crippen LogP contribution in [0, 0.1) is 17.0 Å². The molecule has 5 rings (SSSR count). The first-order chi connectivity index (χ1) is 16.3. The lowest BCUT2D eigenvalue weighted by Gasteiger charge is -2.22. The molecule has 1 aliphatic rings. The molecule has 2 heterocycles.